The Hall–Kier alpha value is -4.02. The number of carbonyl (C=O) groups is 1. The summed E-state index contributed by atoms with van der Waals surface area (Å²) in [6, 6.07) is 18.9. The van der Waals surface area contributed by atoms with Crippen LogP contribution in [0.2, 0.25) is 0 Å². The molecule has 4 rings (SSSR count). The highest BCUT2D eigenvalue weighted by molar-refractivity contribution is 7.81. The molecule has 0 fully saturated rings. The van der Waals surface area contributed by atoms with Crippen LogP contribution in [-0.2, 0) is 28.3 Å². The first-order chi connectivity index (χ1) is 17.2. The molecular weight excluding hydrogens is 488 g/mol. The molecule has 3 aromatic carbocycles. The third-order valence-electron chi connectivity index (χ3n) is 5.14. The molecule has 0 unspecified atom stereocenters. The predicted octanol–water partition coefficient (Wildman–Crippen LogP) is 5.26. The number of furan rings is 1. The van der Waals surface area contributed by atoms with E-state index in [1.165, 1.54) is 12.1 Å². The van der Waals surface area contributed by atoms with Gasteiger partial charge in [-0.05, 0) is 43.2 Å². The number of rotatable bonds is 10. The molecule has 4 aromatic rings. The maximum absolute atomic E-state index is 12.5. The van der Waals surface area contributed by atoms with E-state index in [1.54, 1.807) is 38.1 Å². The van der Waals surface area contributed by atoms with E-state index in [1.807, 2.05) is 30.3 Å². The van der Waals surface area contributed by atoms with Gasteiger partial charge in [0.05, 0.1) is 6.61 Å². The summed E-state index contributed by atoms with van der Waals surface area (Å²) < 4.78 is 58.5. The molecule has 36 heavy (non-hydrogen) atoms. The fourth-order valence-corrected chi connectivity index (χ4v) is 3.96. The second kappa shape index (κ2) is 10.7. The summed E-state index contributed by atoms with van der Waals surface area (Å²) in [6.07, 6.45) is 0. The fraction of sp³-hybridized carbons (Fsp3) is 0.192. The van der Waals surface area contributed by atoms with Crippen LogP contribution in [0.1, 0.15) is 34.2 Å². The van der Waals surface area contributed by atoms with E-state index in [9.17, 15) is 13.2 Å². The highest BCUT2D eigenvalue weighted by Crippen LogP contribution is 2.38. The Balaban J connectivity index is 1.67. The first-order valence-electron chi connectivity index (χ1n) is 11.0. The van der Waals surface area contributed by atoms with Gasteiger partial charge < -0.3 is 22.8 Å². The van der Waals surface area contributed by atoms with Gasteiger partial charge in [0.1, 0.15) is 35.9 Å². The number of fused-ring (bicyclic) bond motifs is 1. The zero-order valence-electron chi connectivity index (χ0n) is 19.6. The Morgan fingerprint density at radius 2 is 1.58 bits per heavy atom. The Kier molecular flexibility index (Phi) is 7.47. The van der Waals surface area contributed by atoms with Gasteiger partial charge in [-0.2, -0.15) is 8.42 Å². The van der Waals surface area contributed by atoms with Crippen LogP contribution in [0.4, 0.5) is 0 Å². The van der Waals surface area contributed by atoms with Crippen molar-refractivity contribution < 1.29 is 40.6 Å². The minimum Gasteiger partial charge on any atom is -0.485 e. The Morgan fingerprint density at radius 3 is 2.28 bits per heavy atom. The summed E-state index contributed by atoms with van der Waals surface area (Å²) in [5, 5.41) is 0.511. The summed E-state index contributed by atoms with van der Waals surface area (Å²) in [4.78, 5) is 12.5. The van der Waals surface area contributed by atoms with E-state index in [0.717, 1.165) is 5.56 Å². The predicted molar refractivity (Wildman–Crippen MR) is 131 cm³/mol. The van der Waals surface area contributed by atoms with Crippen LogP contribution >= 0.6 is 0 Å². The van der Waals surface area contributed by atoms with Crippen LogP contribution in [0.5, 0.6) is 17.2 Å². The van der Waals surface area contributed by atoms with Crippen LogP contribution in [-0.4, -0.2) is 25.5 Å². The van der Waals surface area contributed by atoms with Crippen molar-refractivity contribution in [1.82, 2.24) is 0 Å². The highest BCUT2D eigenvalue weighted by atomic mass is 32.3. The smallest absolute Gasteiger partial charge is 0.446 e. The second-order valence-corrected chi connectivity index (χ2v) is 8.79. The maximum atomic E-state index is 12.5. The lowest BCUT2D eigenvalue weighted by Gasteiger charge is -2.14. The molecule has 0 bridgehead atoms. The Bertz CT molecular complexity index is 1470. The van der Waals surface area contributed by atoms with E-state index in [2.05, 4.69) is 4.18 Å². The molecule has 9 nitrogen and oxygen atoms in total. The molecule has 10 heteroatoms. The molecule has 0 amide bonds. The largest absolute Gasteiger partial charge is 0.485 e. The highest BCUT2D eigenvalue weighted by Gasteiger charge is 2.22. The third-order valence-corrected chi connectivity index (χ3v) is 5.54. The quantitative estimate of drug-likeness (QED) is 0.224. The summed E-state index contributed by atoms with van der Waals surface area (Å²) in [5.41, 5.74) is 2.25. The molecule has 1 aromatic heterocycles. The minimum atomic E-state index is -4.66. The first kappa shape index (κ1) is 25.1. The number of hydrogen-bond donors (Lipinski definition) is 1. The van der Waals surface area contributed by atoms with Gasteiger partial charge in [0.15, 0.2) is 11.5 Å². The molecule has 188 valence electrons. The molecular formula is C26H24O9S. The van der Waals surface area contributed by atoms with E-state index in [-0.39, 0.29) is 25.6 Å². The van der Waals surface area contributed by atoms with Gasteiger partial charge in [-0.3, -0.25) is 4.55 Å². The average Bonchev–Trinajstić information content (AvgIpc) is 3.15. The van der Waals surface area contributed by atoms with Crippen molar-refractivity contribution in [3.63, 3.8) is 0 Å². The normalized spacial score (nSPS) is 11.3. The lowest BCUT2D eigenvalue weighted by Crippen LogP contribution is -2.07. The molecule has 0 aliphatic heterocycles. The topological polar surface area (TPSA) is 122 Å². The van der Waals surface area contributed by atoms with Gasteiger partial charge >= 0.3 is 16.4 Å². The molecule has 0 saturated carbocycles. The van der Waals surface area contributed by atoms with Gasteiger partial charge in [0.2, 0.25) is 0 Å². The molecule has 1 heterocycles. The third kappa shape index (κ3) is 6.15. The van der Waals surface area contributed by atoms with Gasteiger partial charge in [-0.15, -0.1) is 0 Å². The van der Waals surface area contributed by atoms with Crippen LogP contribution < -0.4 is 13.7 Å². The summed E-state index contributed by atoms with van der Waals surface area (Å²) in [5.74, 6) is 0.564. The van der Waals surface area contributed by atoms with Crippen LogP contribution in [0.3, 0.4) is 0 Å². The van der Waals surface area contributed by atoms with Crippen molar-refractivity contribution in [1.29, 1.82) is 0 Å². The van der Waals surface area contributed by atoms with Crippen LogP contribution in [0, 0.1) is 6.92 Å². The number of esters is 1. The maximum Gasteiger partial charge on any atom is 0.446 e. The Morgan fingerprint density at radius 1 is 0.917 bits per heavy atom. The van der Waals surface area contributed by atoms with Crippen molar-refractivity contribution in [3.8, 4) is 17.2 Å². The van der Waals surface area contributed by atoms with Gasteiger partial charge in [0, 0.05) is 11.5 Å². The van der Waals surface area contributed by atoms with E-state index < -0.39 is 16.4 Å². The number of aryl methyl sites for hydroxylation is 1. The molecule has 0 atom stereocenters. The van der Waals surface area contributed by atoms with E-state index in [0.29, 0.717) is 39.4 Å². The standard InChI is InChI=1S/C26H24O9S/c1-3-31-26(27)25-17(2)34-22-14-24(32-15-18-8-5-4-6-9-18)23(13-21(22)25)33-16-19-10-7-11-20(12-19)35-36(28,29)30/h4-14H,3,15-16H2,1-2H3,(H,28,29,30). The summed E-state index contributed by atoms with van der Waals surface area (Å²) in [7, 11) is -4.66. The number of hydrogen-bond acceptors (Lipinski definition) is 8. The molecule has 0 saturated heterocycles. The molecule has 1 N–H and O–H groups in total. The zero-order chi connectivity index (χ0) is 25.7. The van der Waals surface area contributed by atoms with Gasteiger partial charge in [-0.1, -0.05) is 42.5 Å². The van der Waals surface area contributed by atoms with E-state index in [4.69, 9.17) is 23.2 Å². The summed E-state index contributed by atoms with van der Waals surface area (Å²) >= 11 is 0. The molecule has 0 radical (unpaired) electrons. The average molecular weight is 513 g/mol. The van der Waals surface area contributed by atoms with Crippen LogP contribution in [0.25, 0.3) is 11.0 Å². The number of ether oxygens (including phenoxy) is 3. The lowest BCUT2D eigenvalue weighted by atomic mass is 10.1. The number of benzene rings is 3. The molecule has 0 spiro atoms. The van der Waals surface area contributed by atoms with Crippen molar-refractivity contribution in [2.24, 2.45) is 0 Å². The van der Waals surface area contributed by atoms with Crippen LogP contribution in [0.15, 0.2) is 71.1 Å². The molecule has 0 aliphatic carbocycles. The van der Waals surface area contributed by atoms with Crippen molar-refractivity contribution >= 4 is 27.3 Å². The van der Waals surface area contributed by atoms with E-state index >= 15 is 0 Å². The number of carbonyl (C=O) groups excluding carboxylic acids is 1. The van der Waals surface area contributed by atoms with Crippen molar-refractivity contribution in [2.75, 3.05) is 6.61 Å². The van der Waals surface area contributed by atoms with Crippen molar-refractivity contribution in [3.05, 3.63) is 89.2 Å². The zero-order valence-corrected chi connectivity index (χ0v) is 20.4. The Labute approximate surface area is 208 Å². The first-order valence-corrected chi connectivity index (χ1v) is 12.4. The summed E-state index contributed by atoms with van der Waals surface area (Å²) in [6.45, 7) is 3.90. The van der Waals surface area contributed by atoms with Gasteiger partial charge in [0.25, 0.3) is 0 Å². The second-order valence-electron chi connectivity index (χ2n) is 7.77. The molecule has 0 aliphatic rings. The van der Waals surface area contributed by atoms with Gasteiger partial charge in [-0.25, -0.2) is 4.79 Å². The lowest BCUT2D eigenvalue weighted by molar-refractivity contribution is 0.0526. The SMILES string of the molecule is CCOC(=O)c1c(C)oc2cc(OCc3ccccc3)c(OCc3cccc(OS(=O)(=O)O)c3)cc12. The fourth-order valence-electron chi connectivity index (χ4n) is 3.61. The van der Waals surface area contributed by atoms with Crippen molar-refractivity contribution in [2.45, 2.75) is 27.1 Å². The monoisotopic (exact) mass is 512 g/mol. The minimum absolute atomic E-state index is 0.0153.